The number of benzene rings is 2. The van der Waals surface area contributed by atoms with Gasteiger partial charge in [0.05, 0.1) is 11.6 Å². The van der Waals surface area contributed by atoms with Crippen molar-refractivity contribution in [1.29, 1.82) is 0 Å². The SMILES string of the molecule is Cc1ccc(Nc2nc(COC(=O)C3CCN(C(=O)c4ccc(F)cc4)CC3)cs2)cc1. The van der Waals surface area contributed by atoms with Crippen molar-refractivity contribution in [2.24, 2.45) is 5.92 Å². The van der Waals surface area contributed by atoms with Crippen LogP contribution in [0, 0.1) is 18.7 Å². The highest BCUT2D eigenvalue weighted by atomic mass is 32.1. The van der Waals surface area contributed by atoms with Crippen LogP contribution in [-0.4, -0.2) is 34.8 Å². The quantitative estimate of drug-likeness (QED) is 0.536. The Bertz CT molecular complexity index is 1070. The molecule has 0 atom stereocenters. The summed E-state index contributed by atoms with van der Waals surface area (Å²) >= 11 is 1.46. The highest BCUT2D eigenvalue weighted by Crippen LogP contribution is 2.24. The van der Waals surface area contributed by atoms with E-state index in [1.807, 2.05) is 36.6 Å². The fourth-order valence-corrected chi connectivity index (χ4v) is 4.26. The molecule has 0 spiro atoms. The van der Waals surface area contributed by atoms with Crippen LogP contribution in [0.15, 0.2) is 53.9 Å². The maximum absolute atomic E-state index is 13.1. The Kier molecular flexibility index (Phi) is 6.80. The third-order valence-corrected chi connectivity index (χ3v) is 6.23. The Labute approximate surface area is 190 Å². The Morgan fingerprint density at radius 2 is 1.81 bits per heavy atom. The number of aryl methyl sites for hydroxylation is 1. The molecule has 1 aliphatic rings. The van der Waals surface area contributed by atoms with E-state index in [0.717, 1.165) is 10.8 Å². The average Bonchev–Trinajstić information content (AvgIpc) is 3.26. The van der Waals surface area contributed by atoms with Crippen molar-refractivity contribution in [2.75, 3.05) is 18.4 Å². The monoisotopic (exact) mass is 453 g/mol. The molecule has 0 radical (unpaired) electrons. The van der Waals surface area contributed by atoms with Gasteiger partial charge >= 0.3 is 5.97 Å². The van der Waals surface area contributed by atoms with Gasteiger partial charge in [-0.15, -0.1) is 11.3 Å². The molecule has 1 saturated heterocycles. The minimum Gasteiger partial charge on any atom is -0.459 e. The minimum absolute atomic E-state index is 0.125. The molecule has 8 heteroatoms. The second-order valence-electron chi connectivity index (χ2n) is 7.82. The summed E-state index contributed by atoms with van der Waals surface area (Å²) in [7, 11) is 0. The number of carbonyl (C=O) groups excluding carboxylic acids is 2. The van der Waals surface area contributed by atoms with Crippen LogP contribution in [0.4, 0.5) is 15.2 Å². The Morgan fingerprint density at radius 3 is 2.50 bits per heavy atom. The van der Waals surface area contributed by atoms with E-state index in [9.17, 15) is 14.0 Å². The summed E-state index contributed by atoms with van der Waals surface area (Å²) in [4.78, 5) is 31.2. The van der Waals surface area contributed by atoms with Crippen LogP contribution >= 0.6 is 11.3 Å². The average molecular weight is 454 g/mol. The van der Waals surface area contributed by atoms with Gasteiger partial charge in [0.2, 0.25) is 0 Å². The van der Waals surface area contributed by atoms with Crippen molar-refractivity contribution in [3.63, 3.8) is 0 Å². The van der Waals surface area contributed by atoms with E-state index < -0.39 is 0 Å². The molecule has 1 aromatic heterocycles. The van der Waals surface area contributed by atoms with Crippen molar-refractivity contribution in [3.05, 3.63) is 76.5 Å². The predicted molar refractivity (Wildman–Crippen MR) is 121 cm³/mol. The van der Waals surface area contributed by atoms with Crippen molar-refractivity contribution in [3.8, 4) is 0 Å². The van der Waals surface area contributed by atoms with Gasteiger partial charge in [0.25, 0.3) is 5.91 Å². The predicted octanol–water partition coefficient (Wildman–Crippen LogP) is 4.93. The number of hydrogen-bond acceptors (Lipinski definition) is 6. The van der Waals surface area contributed by atoms with Gasteiger partial charge in [0, 0.05) is 29.7 Å². The van der Waals surface area contributed by atoms with Crippen LogP contribution in [0.3, 0.4) is 0 Å². The van der Waals surface area contributed by atoms with Crippen LogP contribution < -0.4 is 5.32 Å². The number of thiazole rings is 1. The van der Waals surface area contributed by atoms with Gasteiger partial charge in [-0.25, -0.2) is 9.37 Å². The maximum Gasteiger partial charge on any atom is 0.309 e. The number of ether oxygens (including phenoxy) is 1. The van der Waals surface area contributed by atoms with E-state index in [4.69, 9.17) is 4.74 Å². The van der Waals surface area contributed by atoms with Crippen molar-refractivity contribution in [2.45, 2.75) is 26.4 Å². The van der Waals surface area contributed by atoms with Crippen LogP contribution in [-0.2, 0) is 16.1 Å². The normalized spacial score (nSPS) is 14.2. The van der Waals surface area contributed by atoms with Crippen molar-refractivity contribution < 1.29 is 18.7 Å². The largest absolute Gasteiger partial charge is 0.459 e. The van der Waals surface area contributed by atoms with E-state index in [1.165, 1.54) is 41.2 Å². The molecule has 0 aliphatic carbocycles. The molecule has 2 heterocycles. The number of carbonyl (C=O) groups is 2. The van der Waals surface area contributed by atoms with E-state index >= 15 is 0 Å². The number of rotatable bonds is 6. The van der Waals surface area contributed by atoms with Crippen LogP contribution in [0.1, 0.15) is 34.5 Å². The summed E-state index contributed by atoms with van der Waals surface area (Å²) in [6, 6.07) is 13.5. The van der Waals surface area contributed by atoms with Crippen LogP contribution in [0.25, 0.3) is 0 Å². The fraction of sp³-hybridized carbons (Fsp3) is 0.292. The van der Waals surface area contributed by atoms with Crippen molar-refractivity contribution in [1.82, 2.24) is 9.88 Å². The van der Waals surface area contributed by atoms with Crippen LogP contribution in [0.2, 0.25) is 0 Å². The summed E-state index contributed by atoms with van der Waals surface area (Å²) in [5, 5.41) is 5.86. The molecule has 1 amide bonds. The van der Waals surface area contributed by atoms with E-state index in [0.29, 0.717) is 37.2 Å². The topological polar surface area (TPSA) is 71.5 Å². The van der Waals surface area contributed by atoms with E-state index in [2.05, 4.69) is 10.3 Å². The van der Waals surface area contributed by atoms with E-state index in [1.54, 1.807) is 4.90 Å². The number of nitrogens with one attached hydrogen (secondary N) is 1. The Morgan fingerprint density at radius 1 is 1.12 bits per heavy atom. The molecule has 32 heavy (non-hydrogen) atoms. The third-order valence-electron chi connectivity index (χ3n) is 5.42. The molecule has 0 unspecified atom stereocenters. The number of likely N-dealkylation sites (tertiary alicyclic amines) is 1. The fourth-order valence-electron chi connectivity index (χ4n) is 3.55. The van der Waals surface area contributed by atoms with Gasteiger partial charge in [-0.1, -0.05) is 17.7 Å². The molecule has 1 N–H and O–H groups in total. The number of hydrogen-bond donors (Lipinski definition) is 1. The molecular weight excluding hydrogens is 429 g/mol. The lowest BCUT2D eigenvalue weighted by Gasteiger charge is -2.31. The minimum atomic E-state index is -0.374. The zero-order chi connectivity index (χ0) is 22.5. The first-order valence-corrected chi connectivity index (χ1v) is 11.4. The number of nitrogens with zero attached hydrogens (tertiary/aromatic N) is 2. The second-order valence-corrected chi connectivity index (χ2v) is 8.67. The molecule has 6 nitrogen and oxygen atoms in total. The lowest BCUT2D eigenvalue weighted by molar-refractivity contribution is -0.151. The summed E-state index contributed by atoms with van der Waals surface area (Å²) < 4.78 is 18.5. The van der Waals surface area contributed by atoms with Gasteiger partial charge in [0.15, 0.2) is 5.13 Å². The number of aromatic nitrogens is 1. The van der Waals surface area contributed by atoms with Gasteiger partial charge < -0.3 is 15.0 Å². The summed E-state index contributed by atoms with van der Waals surface area (Å²) in [6.07, 6.45) is 1.09. The standard InChI is InChI=1S/C24H24FN3O3S/c1-16-2-8-20(9-3-16)26-24-27-21(15-32-24)14-31-23(30)18-10-12-28(13-11-18)22(29)17-4-6-19(25)7-5-17/h2-9,15,18H,10-14H2,1H3,(H,26,27). The molecule has 4 rings (SSSR count). The number of esters is 1. The molecule has 2 aromatic carbocycles. The molecule has 1 aliphatic heterocycles. The first kappa shape index (κ1) is 22.0. The smallest absolute Gasteiger partial charge is 0.309 e. The first-order valence-electron chi connectivity index (χ1n) is 10.5. The maximum atomic E-state index is 13.1. The Balaban J connectivity index is 1.23. The number of anilines is 2. The summed E-state index contributed by atoms with van der Waals surface area (Å²) in [5.74, 6) is -1.02. The lowest BCUT2D eigenvalue weighted by atomic mass is 9.96. The Hall–Kier alpha value is -3.26. The highest BCUT2D eigenvalue weighted by molar-refractivity contribution is 7.13. The highest BCUT2D eigenvalue weighted by Gasteiger charge is 2.29. The van der Waals surface area contributed by atoms with Gasteiger partial charge in [-0.05, 0) is 56.2 Å². The van der Waals surface area contributed by atoms with Gasteiger partial charge in [-0.2, -0.15) is 0 Å². The number of halogens is 1. The summed E-state index contributed by atoms with van der Waals surface area (Å²) in [6.45, 7) is 3.10. The zero-order valence-corrected chi connectivity index (χ0v) is 18.5. The second kappa shape index (κ2) is 9.91. The zero-order valence-electron chi connectivity index (χ0n) is 17.7. The van der Waals surface area contributed by atoms with Gasteiger partial charge in [0.1, 0.15) is 12.4 Å². The van der Waals surface area contributed by atoms with E-state index in [-0.39, 0.29) is 30.2 Å². The molecule has 0 saturated carbocycles. The molecule has 0 bridgehead atoms. The first-order chi connectivity index (χ1) is 15.5. The third kappa shape index (κ3) is 5.50. The number of piperidine rings is 1. The lowest BCUT2D eigenvalue weighted by Crippen LogP contribution is -2.40. The molecule has 3 aromatic rings. The van der Waals surface area contributed by atoms with Crippen molar-refractivity contribution >= 4 is 34.0 Å². The van der Waals surface area contributed by atoms with Gasteiger partial charge in [-0.3, -0.25) is 9.59 Å². The molecule has 1 fully saturated rings. The van der Waals surface area contributed by atoms with Crippen LogP contribution in [0.5, 0.6) is 0 Å². The molecular formula is C24H24FN3O3S. The summed E-state index contributed by atoms with van der Waals surface area (Å²) in [5.41, 5.74) is 3.29. The number of amides is 1. The molecule has 166 valence electrons.